The maximum absolute atomic E-state index is 14.0. The Bertz CT molecular complexity index is 566. The summed E-state index contributed by atoms with van der Waals surface area (Å²) in [7, 11) is 3.51. The van der Waals surface area contributed by atoms with Crippen LogP contribution in [0.1, 0.15) is 23.6 Å². The molecule has 0 bridgehead atoms. The van der Waals surface area contributed by atoms with E-state index in [2.05, 4.69) is 21.2 Å². The van der Waals surface area contributed by atoms with Crippen molar-refractivity contribution in [3.63, 3.8) is 0 Å². The lowest BCUT2D eigenvalue weighted by Crippen LogP contribution is -2.19. The molecule has 4 heteroatoms. The molecule has 21 heavy (non-hydrogen) atoms. The molecule has 0 aromatic heterocycles. The van der Waals surface area contributed by atoms with Crippen molar-refractivity contribution in [1.29, 1.82) is 0 Å². The minimum absolute atomic E-state index is 0.0253. The van der Waals surface area contributed by atoms with E-state index in [1.54, 1.807) is 13.2 Å². The van der Waals surface area contributed by atoms with E-state index in [9.17, 15) is 4.39 Å². The fraction of sp³-hybridized carbons (Fsp3) is 0.294. The second kappa shape index (κ2) is 7.57. The standard InChI is InChI=1S/C17H19BrFNO/c1-20-16(17-14(18)4-3-5-15(17)19)11-8-12-6-9-13(21-2)10-7-12/h3-7,9-10,16,20H,8,11H2,1-2H3. The zero-order valence-corrected chi connectivity index (χ0v) is 13.8. The van der Waals surface area contributed by atoms with E-state index in [1.165, 1.54) is 11.6 Å². The molecule has 0 amide bonds. The first-order chi connectivity index (χ1) is 10.2. The van der Waals surface area contributed by atoms with Crippen molar-refractivity contribution in [2.24, 2.45) is 0 Å². The van der Waals surface area contributed by atoms with Crippen LogP contribution < -0.4 is 10.1 Å². The van der Waals surface area contributed by atoms with Gasteiger partial charge in [-0.25, -0.2) is 4.39 Å². The Morgan fingerprint density at radius 2 is 1.90 bits per heavy atom. The van der Waals surface area contributed by atoms with E-state index in [0.29, 0.717) is 5.56 Å². The molecule has 2 nitrogen and oxygen atoms in total. The van der Waals surface area contributed by atoms with Gasteiger partial charge in [-0.1, -0.05) is 34.1 Å². The van der Waals surface area contributed by atoms with Crippen molar-refractivity contribution in [2.75, 3.05) is 14.2 Å². The van der Waals surface area contributed by atoms with Gasteiger partial charge in [-0.2, -0.15) is 0 Å². The normalized spacial score (nSPS) is 12.2. The second-order valence-electron chi connectivity index (χ2n) is 4.86. The van der Waals surface area contributed by atoms with Crippen LogP contribution in [0.4, 0.5) is 4.39 Å². The first-order valence-corrected chi connectivity index (χ1v) is 7.69. The van der Waals surface area contributed by atoms with Crippen LogP contribution >= 0.6 is 15.9 Å². The second-order valence-corrected chi connectivity index (χ2v) is 5.72. The summed E-state index contributed by atoms with van der Waals surface area (Å²) in [5, 5.41) is 3.20. The molecule has 0 radical (unpaired) electrons. The predicted octanol–water partition coefficient (Wildman–Crippen LogP) is 4.49. The molecule has 0 aliphatic carbocycles. The minimum Gasteiger partial charge on any atom is -0.497 e. The lowest BCUT2D eigenvalue weighted by molar-refractivity contribution is 0.414. The van der Waals surface area contributed by atoms with E-state index in [-0.39, 0.29) is 11.9 Å². The Labute approximate surface area is 133 Å². The SMILES string of the molecule is CNC(CCc1ccc(OC)cc1)c1c(F)cccc1Br. The van der Waals surface area contributed by atoms with E-state index < -0.39 is 0 Å². The third kappa shape index (κ3) is 4.05. The third-order valence-electron chi connectivity index (χ3n) is 3.58. The lowest BCUT2D eigenvalue weighted by Gasteiger charge is -2.19. The molecule has 0 spiro atoms. The summed E-state index contributed by atoms with van der Waals surface area (Å²) in [4.78, 5) is 0. The highest BCUT2D eigenvalue weighted by atomic mass is 79.9. The van der Waals surface area contributed by atoms with E-state index in [4.69, 9.17) is 4.74 Å². The molecule has 2 rings (SSSR count). The first-order valence-electron chi connectivity index (χ1n) is 6.89. The lowest BCUT2D eigenvalue weighted by atomic mass is 9.98. The van der Waals surface area contributed by atoms with Crippen molar-refractivity contribution in [2.45, 2.75) is 18.9 Å². The predicted molar refractivity (Wildman–Crippen MR) is 87.2 cm³/mol. The summed E-state index contributed by atoms with van der Waals surface area (Å²) in [6.45, 7) is 0. The largest absolute Gasteiger partial charge is 0.497 e. The number of aryl methyl sites for hydroxylation is 1. The molecule has 1 unspecified atom stereocenters. The van der Waals surface area contributed by atoms with Gasteiger partial charge in [0.1, 0.15) is 11.6 Å². The molecule has 0 aliphatic rings. The molecule has 2 aromatic carbocycles. The third-order valence-corrected chi connectivity index (χ3v) is 4.27. The number of hydrogen-bond donors (Lipinski definition) is 1. The van der Waals surface area contributed by atoms with Gasteiger partial charge in [-0.3, -0.25) is 0 Å². The fourth-order valence-corrected chi connectivity index (χ4v) is 3.00. The maximum atomic E-state index is 14.0. The summed E-state index contributed by atoms with van der Waals surface area (Å²) < 4.78 is 20.0. The molecule has 0 aliphatic heterocycles. The Morgan fingerprint density at radius 3 is 2.48 bits per heavy atom. The average molecular weight is 352 g/mol. The van der Waals surface area contributed by atoms with E-state index >= 15 is 0 Å². The van der Waals surface area contributed by atoms with Gasteiger partial charge >= 0.3 is 0 Å². The van der Waals surface area contributed by atoms with Crippen LogP contribution in [0.2, 0.25) is 0 Å². The molecule has 1 atom stereocenters. The number of methoxy groups -OCH3 is 1. The smallest absolute Gasteiger partial charge is 0.129 e. The molecular weight excluding hydrogens is 333 g/mol. The molecule has 0 saturated heterocycles. The first kappa shape index (κ1) is 16.0. The van der Waals surface area contributed by atoms with Gasteiger partial charge in [0.05, 0.1) is 7.11 Å². The van der Waals surface area contributed by atoms with Crippen LogP contribution in [-0.4, -0.2) is 14.2 Å². The highest BCUT2D eigenvalue weighted by Gasteiger charge is 2.17. The Morgan fingerprint density at radius 1 is 1.19 bits per heavy atom. The minimum atomic E-state index is -0.182. The number of rotatable bonds is 6. The Balaban J connectivity index is 2.08. The van der Waals surface area contributed by atoms with Crippen molar-refractivity contribution in [1.82, 2.24) is 5.32 Å². The van der Waals surface area contributed by atoms with Gasteiger partial charge in [-0.15, -0.1) is 0 Å². The summed E-state index contributed by atoms with van der Waals surface area (Å²) in [6.07, 6.45) is 1.69. The zero-order valence-electron chi connectivity index (χ0n) is 12.2. The fourth-order valence-electron chi connectivity index (χ4n) is 2.38. The van der Waals surface area contributed by atoms with Crippen molar-refractivity contribution < 1.29 is 9.13 Å². The summed E-state index contributed by atoms with van der Waals surface area (Å²) in [5.74, 6) is 0.666. The molecule has 2 aromatic rings. The van der Waals surface area contributed by atoms with Gasteiger partial charge in [0.2, 0.25) is 0 Å². The Kier molecular flexibility index (Phi) is 5.76. The summed E-state index contributed by atoms with van der Waals surface area (Å²) in [5.41, 5.74) is 1.90. The van der Waals surface area contributed by atoms with E-state index in [0.717, 1.165) is 23.1 Å². The van der Waals surface area contributed by atoms with Gasteiger partial charge in [0.25, 0.3) is 0 Å². The molecule has 112 valence electrons. The zero-order chi connectivity index (χ0) is 15.2. The molecular formula is C17H19BrFNO. The summed E-state index contributed by atoms with van der Waals surface area (Å²) in [6, 6.07) is 13.0. The van der Waals surface area contributed by atoms with Crippen LogP contribution in [0.5, 0.6) is 5.75 Å². The van der Waals surface area contributed by atoms with Crippen LogP contribution in [-0.2, 0) is 6.42 Å². The maximum Gasteiger partial charge on any atom is 0.129 e. The quantitative estimate of drug-likeness (QED) is 0.827. The number of halogens is 2. The Hall–Kier alpha value is -1.39. The van der Waals surface area contributed by atoms with Crippen molar-refractivity contribution >= 4 is 15.9 Å². The monoisotopic (exact) mass is 351 g/mol. The molecule has 0 heterocycles. The number of benzene rings is 2. The van der Waals surface area contributed by atoms with Crippen LogP contribution in [0.15, 0.2) is 46.9 Å². The van der Waals surface area contributed by atoms with Crippen molar-refractivity contribution in [3.05, 3.63) is 63.9 Å². The number of ether oxygens (including phenoxy) is 1. The topological polar surface area (TPSA) is 21.3 Å². The van der Waals surface area contributed by atoms with Crippen LogP contribution in [0, 0.1) is 5.82 Å². The van der Waals surface area contributed by atoms with Gasteiger partial charge in [0.15, 0.2) is 0 Å². The summed E-state index contributed by atoms with van der Waals surface area (Å²) >= 11 is 3.44. The van der Waals surface area contributed by atoms with Crippen LogP contribution in [0.25, 0.3) is 0 Å². The molecule has 1 N–H and O–H groups in total. The average Bonchev–Trinajstić information content (AvgIpc) is 2.50. The van der Waals surface area contributed by atoms with Gasteiger partial charge < -0.3 is 10.1 Å². The molecule has 0 fully saturated rings. The number of hydrogen-bond acceptors (Lipinski definition) is 2. The van der Waals surface area contributed by atoms with E-state index in [1.807, 2.05) is 37.4 Å². The van der Waals surface area contributed by atoms with Crippen molar-refractivity contribution in [3.8, 4) is 5.75 Å². The van der Waals surface area contributed by atoms with Crippen LogP contribution in [0.3, 0.4) is 0 Å². The van der Waals surface area contributed by atoms with Gasteiger partial charge in [-0.05, 0) is 49.7 Å². The molecule has 0 saturated carbocycles. The van der Waals surface area contributed by atoms with Gasteiger partial charge in [0, 0.05) is 16.1 Å². The highest BCUT2D eigenvalue weighted by molar-refractivity contribution is 9.10. The highest BCUT2D eigenvalue weighted by Crippen LogP contribution is 2.29. The number of nitrogens with one attached hydrogen (secondary N) is 1.